The first kappa shape index (κ1) is 10.4. The molecule has 5 unspecified atom stereocenters. The first-order chi connectivity index (χ1) is 6.74. The quantitative estimate of drug-likeness (QED) is 0.696. The Kier molecular flexibility index (Phi) is 3.10. The van der Waals surface area contributed by atoms with Gasteiger partial charge >= 0.3 is 0 Å². The Bertz CT molecular complexity index is 198. The monoisotopic (exact) mass is 199 g/mol. The molecule has 0 aromatic carbocycles. The van der Waals surface area contributed by atoms with E-state index in [9.17, 15) is 5.11 Å². The Labute approximate surface area is 85.6 Å². The van der Waals surface area contributed by atoms with Crippen LogP contribution in [0.1, 0.15) is 26.2 Å². The van der Waals surface area contributed by atoms with Crippen LogP contribution < -0.4 is 5.73 Å². The molecule has 2 aliphatic rings. The average Bonchev–Trinajstić information content (AvgIpc) is 2.54. The molecule has 82 valence electrons. The number of aliphatic hydroxyl groups is 1. The minimum atomic E-state index is -0.499. The van der Waals surface area contributed by atoms with Gasteiger partial charge in [0.15, 0.2) is 6.29 Å². The minimum absolute atomic E-state index is 0.388. The van der Waals surface area contributed by atoms with E-state index >= 15 is 0 Å². The number of ether oxygens (including phenoxy) is 1. The summed E-state index contributed by atoms with van der Waals surface area (Å²) < 4.78 is 5.32. The third-order valence-corrected chi connectivity index (χ3v) is 4.20. The van der Waals surface area contributed by atoms with Crippen molar-refractivity contribution in [2.24, 2.45) is 29.4 Å². The first-order valence-electron chi connectivity index (χ1n) is 5.73. The Morgan fingerprint density at radius 2 is 2.14 bits per heavy atom. The van der Waals surface area contributed by atoms with E-state index < -0.39 is 6.29 Å². The Morgan fingerprint density at radius 1 is 1.36 bits per heavy atom. The molecule has 1 aliphatic carbocycles. The summed E-state index contributed by atoms with van der Waals surface area (Å²) in [4.78, 5) is 0. The van der Waals surface area contributed by atoms with Gasteiger partial charge in [-0.1, -0.05) is 6.92 Å². The second kappa shape index (κ2) is 4.17. The molecule has 0 spiro atoms. The standard InChI is InChI=1S/C11H21NO2/c1-7-8(4-5-12)2-3-9-10(7)6-14-11(9)13/h7-11,13H,2-6,12H2,1H3. The number of nitrogens with two attached hydrogens (primary N) is 1. The number of fused-ring (bicyclic) bond motifs is 1. The molecular weight excluding hydrogens is 178 g/mol. The maximum atomic E-state index is 9.61. The summed E-state index contributed by atoms with van der Waals surface area (Å²) in [6.07, 6.45) is 2.95. The fourth-order valence-corrected chi connectivity index (χ4v) is 3.21. The van der Waals surface area contributed by atoms with Gasteiger partial charge in [0.05, 0.1) is 6.61 Å². The van der Waals surface area contributed by atoms with E-state index in [2.05, 4.69) is 6.92 Å². The van der Waals surface area contributed by atoms with Crippen molar-refractivity contribution in [1.29, 1.82) is 0 Å². The second-order valence-corrected chi connectivity index (χ2v) is 4.83. The second-order valence-electron chi connectivity index (χ2n) is 4.83. The summed E-state index contributed by atoms with van der Waals surface area (Å²) in [6, 6.07) is 0. The Hall–Kier alpha value is -0.120. The van der Waals surface area contributed by atoms with E-state index in [0.29, 0.717) is 17.8 Å². The van der Waals surface area contributed by atoms with Crippen LogP contribution in [0.15, 0.2) is 0 Å². The lowest BCUT2D eigenvalue weighted by atomic mass is 9.67. The van der Waals surface area contributed by atoms with Crippen molar-refractivity contribution in [1.82, 2.24) is 0 Å². The largest absolute Gasteiger partial charge is 0.368 e. The summed E-state index contributed by atoms with van der Waals surface area (Å²) >= 11 is 0. The summed E-state index contributed by atoms with van der Waals surface area (Å²) in [5.74, 6) is 2.36. The molecule has 1 saturated carbocycles. The number of hydrogen-bond acceptors (Lipinski definition) is 3. The number of aliphatic hydroxyl groups excluding tert-OH is 1. The third-order valence-electron chi connectivity index (χ3n) is 4.20. The average molecular weight is 199 g/mol. The van der Waals surface area contributed by atoms with Crippen LogP contribution in [0.4, 0.5) is 0 Å². The van der Waals surface area contributed by atoms with E-state index in [-0.39, 0.29) is 0 Å². The van der Waals surface area contributed by atoms with Gasteiger partial charge in [-0.2, -0.15) is 0 Å². The predicted octanol–water partition coefficient (Wildman–Crippen LogP) is 0.962. The van der Waals surface area contributed by atoms with E-state index in [1.165, 1.54) is 6.42 Å². The van der Waals surface area contributed by atoms with Crippen LogP contribution in [0.3, 0.4) is 0 Å². The van der Waals surface area contributed by atoms with Gasteiger partial charge in [0.2, 0.25) is 0 Å². The lowest BCUT2D eigenvalue weighted by molar-refractivity contribution is -0.0864. The molecule has 0 aromatic heterocycles. The zero-order chi connectivity index (χ0) is 10.1. The molecule has 0 amide bonds. The van der Waals surface area contributed by atoms with Crippen LogP contribution in [0.5, 0.6) is 0 Å². The third kappa shape index (κ3) is 1.69. The molecule has 0 radical (unpaired) electrons. The predicted molar refractivity (Wildman–Crippen MR) is 54.5 cm³/mol. The first-order valence-corrected chi connectivity index (χ1v) is 5.73. The fraction of sp³-hybridized carbons (Fsp3) is 1.00. The van der Waals surface area contributed by atoms with Gasteiger partial charge in [0.25, 0.3) is 0 Å². The van der Waals surface area contributed by atoms with Crippen molar-refractivity contribution in [3.05, 3.63) is 0 Å². The van der Waals surface area contributed by atoms with Gasteiger partial charge in [0, 0.05) is 5.92 Å². The van der Waals surface area contributed by atoms with Crippen molar-refractivity contribution >= 4 is 0 Å². The molecule has 5 atom stereocenters. The summed E-state index contributed by atoms with van der Waals surface area (Å²) in [5, 5.41) is 9.61. The van der Waals surface area contributed by atoms with Crippen molar-refractivity contribution in [3.8, 4) is 0 Å². The van der Waals surface area contributed by atoms with Gasteiger partial charge in [0.1, 0.15) is 0 Å². The number of rotatable bonds is 2. The lowest BCUT2D eigenvalue weighted by Gasteiger charge is -2.37. The molecule has 14 heavy (non-hydrogen) atoms. The van der Waals surface area contributed by atoms with Gasteiger partial charge in [-0.3, -0.25) is 0 Å². The molecule has 2 fully saturated rings. The molecule has 3 nitrogen and oxygen atoms in total. The van der Waals surface area contributed by atoms with Crippen LogP contribution >= 0.6 is 0 Å². The molecule has 1 saturated heterocycles. The number of hydrogen-bond donors (Lipinski definition) is 2. The highest BCUT2D eigenvalue weighted by Gasteiger charge is 2.44. The van der Waals surface area contributed by atoms with Crippen LogP contribution in [0.2, 0.25) is 0 Å². The smallest absolute Gasteiger partial charge is 0.157 e. The Balaban J connectivity index is 1.99. The molecule has 0 bridgehead atoms. The highest BCUT2D eigenvalue weighted by molar-refractivity contribution is 4.89. The molecule has 3 heteroatoms. The zero-order valence-corrected chi connectivity index (χ0v) is 8.86. The maximum Gasteiger partial charge on any atom is 0.157 e. The zero-order valence-electron chi connectivity index (χ0n) is 8.86. The van der Waals surface area contributed by atoms with E-state index in [1.54, 1.807) is 0 Å². The summed E-state index contributed by atoms with van der Waals surface area (Å²) in [5.41, 5.74) is 5.61. The van der Waals surface area contributed by atoms with E-state index in [0.717, 1.165) is 31.9 Å². The van der Waals surface area contributed by atoms with Gasteiger partial charge in [-0.05, 0) is 43.6 Å². The van der Waals surface area contributed by atoms with Crippen LogP contribution in [0, 0.1) is 23.7 Å². The van der Waals surface area contributed by atoms with E-state index in [4.69, 9.17) is 10.5 Å². The van der Waals surface area contributed by atoms with Crippen LogP contribution in [-0.2, 0) is 4.74 Å². The molecular formula is C11H21NO2. The SMILES string of the molecule is CC1C(CCN)CCC2C(O)OCC12. The highest BCUT2D eigenvalue weighted by Crippen LogP contribution is 2.45. The fourth-order valence-electron chi connectivity index (χ4n) is 3.21. The molecule has 1 heterocycles. The molecule has 1 aliphatic heterocycles. The minimum Gasteiger partial charge on any atom is -0.368 e. The lowest BCUT2D eigenvalue weighted by Crippen LogP contribution is -2.35. The van der Waals surface area contributed by atoms with Crippen LogP contribution in [0.25, 0.3) is 0 Å². The molecule has 0 aromatic rings. The van der Waals surface area contributed by atoms with Gasteiger partial charge < -0.3 is 15.6 Å². The Morgan fingerprint density at radius 3 is 2.86 bits per heavy atom. The van der Waals surface area contributed by atoms with Crippen molar-refractivity contribution in [2.45, 2.75) is 32.5 Å². The highest BCUT2D eigenvalue weighted by atomic mass is 16.6. The van der Waals surface area contributed by atoms with Gasteiger partial charge in [-0.25, -0.2) is 0 Å². The topological polar surface area (TPSA) is 55.5 Å². The van der Waals surface area contributed by atoms with Crippen molar-refractivity contribution in [3.63, 3.8) is 0 Å². The summed E-state index contributed by atoms with van der Waals surface area (Å²) in [7, 11) is 0. The normalized spacial score (nSPS) is 47.8. The van der Waals surface area contributed by atoms with E-state index in [1.807, 2.05) is 0 Å². The molecule has 2 rings (SSSR count). The molecule has 3 N–H and O–H groups in total. The summed E-state index contributed by atoms with van der Waals surface area (Å²) in [6.45, 7) is 3.82. The van der Waals surface area contributed by atoms with Crippen molar-refractivity contribution < 1.29 is 9.84 Å². The van der Waals surface area contributed by atoms with Crippen LogP contribution in [-0.4, -0.2) is 24.5 Å². The van der Waals surface area contributed by atoms with Gasteiger partial charge in [-0.15, -0.1) is 0 Å². The van der Waals surface area contributed by atoms with Crippen molar-refractivity contribution in [2.75, 3.05) is 13.2 Å². The maximum absolute atomic E-state index is 9.61.